The summed E-state index contributed by atoms with van der Waals surface area (Å²) in [6.07, 6.45) is 1.75. The van der Waals surface area contributed by atoms with E-state index in [-0.39, 0.29) is 5.41 Å². The Bertz CT molecular complexity index is 3510. The first kappa shape index (κ1) is 44.4. The number of allylic oxidation sites excluding steroid dienone is 1. The molecule has 1 heterocycles. The smallest absolute Gasteiger partial charge is 0.0541 e. The largest absolute Gasteiger partial charge is 0.310 e. The summed E-state index contributed by atoms with van der Waals surface area (Å²) in [5.41, 5.74) is 21.0. The summed E-state index contributed by atoms with van der Waals surface area (Å²) in [4.78, 5) is 2.37. The average Bonchev–Trinajstić information content (AvgIpc) is 3.85. The zero-order valence-corrected chi connectivity index (χ0v) is 39.9. The maximum atomic E-state index is 3.36. The van der Waals surface area contributed by atoms with Crippen molar-refractivity contribution in [3.63, 3.8) is 0 Å². The number of aryl methyl sites for hydroxylation is 1. The van der Waals surface area contributed by atoms with Gasteiger partial charge >= 0.3 is 0 Å². The van der Waals surface area contributed by atoms with Crippen molar-refractivity contribution in [2.75, 3.05) is 4.90 Å². The molecule has 69 heavy (non-hydrogen) atoms. The molecule has 0 bridgehead atoms. The Hall–Kier alpha value is -8.46. The van der Waals surface area contributed by atoms with Gasteiger partial charge in [-0.1, -0.05) is 207 Å². The Morgan fingerprint density at radius 2 is 0.826 bits per heavy atom. The van der Waals surface area contributed by atoms with E-state index in [2.05, 4.69) is 267 Å². The van der Waals surface area contributed by atoms with E-state index in [0.29, 0.717) is 0 Å². The lowest BCUT2D eigenvalue weighted by Crippen LogP contribution is -2.16. The standard InChI is InChI=1S/C57H42N2.C7H8.C3H6/c1-57(2)53-19-11-9-17-49(53)50-35-34-48(38-54(50)57)58(45-13-5-3-6-14-45)47-32-29-42(30-33-47)41-23-21-39(22-24-41)40-25-27-43(28-26-40)44-31-36-56-52(37-44)51-18-10-12-20-55(51)59(56)46-15-7-4-8-16-46;1-7-5-3-2-4-6-7;1-3-2/h3-38H,1-2H3;2-6H,1H3;3H,1H2,2H3. The highest BCUT2D eigenvalue weighted by molar-refractivity contribution is 6.10. The molecule has 0 aliphatic heterocycles. The second-order valence-corrected chi connectivity index (χ2v) is 18.3. The minimum atomic E-state index is -0.0657. The lowest BCUT2D eigenvalue weighted by molar-refractivity contribution is 0.660. The maximum Gasteiger partial charge on any atom is 0.0541 e. The molecule has 0 saturated heterocycles. The van der Waals surface area contributed by atoms with Gasteiger partial charge in [0.15, 0.2) is 0 Å². The minimum Gasteiger partial charge on any atom is -0.310 e. The van der Waals surface area contributed by atoms with Crippen LogP contribution in [0.4, 0.5) is 17.1 Å². The van der Waals surface area contributed by atoms with E-state index in [1.165, 1.54) is 88.7 Å². The van der Waals surface area contributed by atoms with Crippen molar-refractivity contribution in [2.45, 2.75) is 33.1 Å². The molecule has 0 radical (unpaired) electrons. The molecule has 0 amide bonds. The van der Waals surface area contributed by atoms with Crippen molar-refractivity contribution in [1.29, 1.82) is 0 Å². The average molecular weight is 889 g/mol. The molecule has 0 fully saturated rings. The third-order valence-electron chi connectivity index (χ3n) is 13.4. The second-order valence-electron chi connectivity index (χ2n) is 18.3. The number of hydrogen-bond donors (Lipinski definition) is 0. The molecule has 2 nitrogen and oxygen atoms in total. The predicted molar refractivity (Wildman–Crippen MR) is 296 cm³/mol. The highest BCUT2D eigenvalue weighted by Crippen LogP contribution is 2.50. The summed E-state index contributed by atoms with van der Waals surface area (Å²) < 4.78 is 2.37. The van der Waals surface area contributed by atoms with Crippen LogP contribution in [0.15, 0.2) is 261 Å². The van der Waals surface area contributed by atoms with Crippen LogP contribution in [0.3, 0.4) is 0 Å². The molecule has 0 unspecified atom stereocenters. The van der Waals surface area contributed by atoms with E-state index < -0.39 is 0 Å². The van der Waals surface area contributed by atoms with E-state index in [9.17, 15) is 0 Å². The fraction of sp³-hybridized carbons (Fsp3) is 0.0746. The Morgan fingerprint density at radius 3 is 1.42 bits per heavy atom. The monoisotopic (exact) mass is 888 g/mol. The molecule has 2 heteroatoms. The number of fused-ring (bicyclic) bond motifs is 6. The third kappa shape index (κ3) is 8.82. The van der Waals surface area contributed by atoms with Crippen LogP contribution in [0.5, 0.6) is 0 Å². The fourth-order valence-corrected chi connectivity index (χ4v) is 9.91. The van der Waals surface area contributed by atoms with Gasteiger partial charge in [-0.15, -0.1) is 6.58 Å². The molecule has 11 aromatic rings. The number of anilines is 3. The van der Waals surface area contributed by atoms with E-state index >= 15 is 0 Å². The first-order valence-corrected chi connectivity index (χ1v) is 23.9. The molecular weight excluding hydrogens is 833 g/mol. The van der Waals surface area contributed by atoms with Gasteiger partial charge in [0.2, 0.25) is 0 Å². The second kappa shape index (κ2) is 19.4. The first-order chi connectivity index (χ1) is 33.8. The summed E-state index contributed by atoms with van der Waals surface area (Å²) in [5, 5.41) is 2.53. The zero-order valence-electron chi connectivity index (χ0n) is 39.9. The third-order valence-corrected chi connectivity index (χ3v) is 13.4. The molecule has 0 spiro atoms. The molecule has 12 rings (SSSR count). The van der Waals surface area contributed by atoms with Crippen LogP contribution in [0.1, 0.15) is 37.5 Å². The quantitative estimate of drug-likeness (QED) is 0.145. The summed E-state index contributed by atoms with van der Waals surface area (Å²) in [6.45, 7) is 12.0. The molecule has 0 saturated carbocycles. The molecule has 10 aromatic carbocycles. The van der Waals surface area contributed by atoms with Crippen molar-refractivity contribution in [1.82, 2.24) is 4.57 Å². The highest BCUT2D eigenvalue weighted by atomic mass is 15.1. The molecule has 334 valence electrons. The molecule has 1 aliphatic carbocycles. The molecule has 0 atom stereocenters. The summed E-state index contributed by atoms with van der Waals surface area (Å²) in [5.74, 6) is 0. The Balaban J connectivity index is 0.000000499. The van der Waals surface area contributed by atoms with Gasteiger partial charge in [0.05, 0.1) is 11.0 Å². The Morgan fingerprint density at radius 1 is 0.391 bits per heavy atom. The number of rotatable bonds is 7. The summed E-state index contributed by atoms with van der Waals surface area (Å²) in [7, 11) is 0. The molecule has 1 aliphatic rings. The highest BCUT2D eigenvalue weighted by Gasteiger charge is 2.35. The molecule has 0 N–H and O–H groups in total. The van der Waals surface area contributed by atoms with Gasteiger partial charge in [-0.05, 0) is 136 Å². The van der Waals surface area contributed by atoms with Gasteiger partial charge in [0, 0.05) is 38.9 Å². The van der Waals surface area contributed by atoms with Gasteiger partial charge in [0.1, 0.15) is 0 Å². The zero-order chi connectivity index (χ0) is 47.3. The van der Waals surface area contributed by atoms with E-state index in [1.54, 1.807) is 6.08 Å². The fourth-order valence-electron chi connectivity index (χ4n) is 9.91. The minimum absolute atomic E-state index is 0.0657. The normalized spacial score (nSPS) is 11.9. The summed E-state index contributed by atoms with van der Waals surface area (Å²) in [6, 6.07) is 89.9. The van der Waals surface area contributed by atoms with Gasteiger partial charge in [-0.25, -0.2) is 0 Å². The van der Waals surface area contributed by atoms with Crippen molar-refractivity contribution in [3.8, 4) is 50.2 Å². The number of nitrogens with zero attached hydrogens (tertiary/aromatic N) is 2. The maximum absolute atomic E-state index is 3.36. The number of para-hydroxylation sites is 3. The number of hydrogen-bond acceptors (Lipinski definition) is 1. The van der Waals surface area contributed by atoms with E-state index in [1.807, 2.05) is 25.1 Å². The van der Waals surface area contributed by atoms with E-state index in [0.717, 1.165) is 17.1 Å². The Labute approximate surface area is 407 Å². The van der Waals surface area contributed by atoms with Gasteiger partial charge in [0.25, 0.3) is 0 Å². The van der Waals surface area contributed by atoms with Crippen LogP contribution in [-0.2, 0) is 5.41 Å². The summed E-state index contributed by atoms with van der Waals surface area (Å²) >= 11 is 0. The van der Waals surface area contributed by atoms with Gasteiger partial charge in [-0.2, -0.15) is 0 Å². The number of benzene rings is 10. The SMILES string of the molecule is C=CC.CC1(C)c2ccccc2-c2ccc(N(c3ccccc3)c3ccc(-c4ccc(-c5ccc(-c6ccc7c(c6)c6ccccc6n7-c6ccccc6)cc5)cc4)cc3)cc21.Cc1ccccc1. The van der Waals surface area contributed by atoms with Crippen LogP contribution in [0.2, 0.25) is 0 Å². The lowest BCUT2D eigenvalue weighted by Gasteiger charge is -2.28. The van der Waals surface area contributed by atoms with Crippen molar-refractivity contribution >= 4 is 38.9 Å². The first-order valence-electron chi connectivity index (χ1n) is 23.9. The predicted octanol–water partition coefficient (Wildman–Crippen LogP) is 18.7. The van der Waals surface area contributed by atoms with Crippen molar-refractivity contribution in [2.24, 2.45) is 0 Å². The van der Waals surface area contributed by atoms with Crippen molar-refractivity contribution in [3.05, 3.63) is 278 Å². The van der Waals surface area contributed by atoms with Crippen LogP contribution < -0.4 is 4.90 Å². The van der Waals surface area contributed by atoms with Crippen LogP contribution >= 0.6 is 0 Å². The molecule has 1 aromatic heterocycles. The number of aromatic nitrogens is 1. The van der Waals surface area contributed by atoms with Gasteiger partial charge in [-0.3, -0.25) is 0 Å². The topological polar surface area (TPSA) is 8.17 Å². The van der Waals surface area contributed by atoms with Crippen LogP contribution in [-0.4, -0.2) is 4.57 Å². The Kier molecular flexibility index (Phi) is 12.5. The lowest BCUT2D eigenvalue weighted by atomic mass is 9.82. The van der Waals surface area contributed by atoms with Crippen molar-refractivity contribution < 1.29 is 0 Å². The van der Waals surface area contributed by atoms with Gasteiger partial charge < -0.3 is 9.47 Å². The van der Waals surface area contributed by atoms with Crippen LogP contribution in [0.25, 0.3) is 72.0 Å². The molecular formula is C67H56N2. The van der Waals surface area contributed by atoms with Crippen LogP contribution in [0, 0.1) is 6.92 Å². The van der Waals surface area contributed by atoms with E-state index in [4.69, 9.17) is 0 Å².